The maximum absolute atomic E-state index is 13.3. The molecule has 0 spiro atoms. The zero-order valence-electron chi connectivity index (χ0n) is 19.2. The van der Waals surface area contributed by atoms with Crippen LogP contribution in [0.5, 0.6) is 0 Å². The van der Waals surface area contributed by atoms with E-state index in [2.05, 4.69) is 5.32 Å². The van der Waals surface area contributed by atoms with Crippen LogP contribution in [-0.4, -0.2) is 23.6 Å². The van der Waals surface area contributed by atoms with Gasteiger partial charge in [0.15, 0.2) is 5.66 Å². The van der Waals surface area contributed by atoms with Crippen LogP contribution in [0.15, 0.2) is 54.0 Å². The number of rotatable bonds is 8. The van der Waals surface area contributed by atoms with Crippen molar-refractivity contribution >= 4 is 70.2 Å². The van der Waals surface area contributed by atoms with Crippen molar-refractivity contribution in [2.45, 2.75) is 26.4 Å². The molecule has 0 fully saturated rings. The molecule has 0 aliphatic heterocycles. The number of hydrogen-bond acceptors (Lipinski definition) is 6. The largest absolute Gasteiger partial charge is 0.438 e. The number of thiophene rings is 1. The highest BCUT2D eigenvalue weighted by Gasteiger charge is 2.42. The Balaban J connectivity index is 1.90. The fraction of sp³-hybridized carbons (Fsp3) is 0.250. The molecule has 35 heavy (non-hydrogen) atoms. The summed E-state index contributed by atoms with van der Waals surface area (Å²) >= 11 is 13.6. The Morgan fingerprint density at radius 1 is 1.20 bits per heavy atom. The molecule has 0 bridgehead atoms. The van der Waals surface area contributed by atoms with Gasteiger partial charge in [-0.2, -0.15) is 0 Å². The number of benzene rings is 2. The first-order chi connectivity index (χ1) is 16.4. The van der Waals surface area contributed by atoms with Gasteiger partial charge < -0.3 is 14.9 Å². The molecule has 0 radical (unpaired) electrons. The van der Waals surface area contributed by atoms with E-state index >= 15 is 0 Å². The summed E-state index contributed by atoms with van der Waals surface area (Å²) in [7, 11) is -4.68. The molecule has 3 rings (SSSR count). The Morgan fingerprint density at radius 3 is 2.60 bits per heavy atom. The van der Waals surface area contributed by atoms with Gasteiger partial charge in [0.05, 0.1) is 5.41 Å². The lowest BCUT2D eigenvalue weighted by atomic mass is 9.98. The van der Waals surface area contributed by atoms with Crippen molar-refractivity contribution in [3.05, 3.63) is 75.2 Å². The maximum atomic E-state index is 13.3. The summed E-state index contributed by atoms with van der Waals surface area (Å²) in [4.78, 5) is 36.0. The number of amides is 1. The molecule has 11 heteroatoms. The highest BCUT2D eigenvalue weighted by atomic mass is 35.5. The van der Waals surface area contributed by atoms with Crippen molar-refractivity contribution in [2.24, 2.45) is 5.41 Å². The molecule has 1 aromatic heterocycles. The first-order valence-corrected chi connectivity index (χ1v) is 13.7. The third-order valence-corrected chi connectivity index (χ3v) is 8.07. The molecule has 0 aliphatic rings. The first-order valence-electron chi connectivity index (χ1n) is 10.4. The molecule has 1 amide bonds. The van der Waals surface area contributed by atoms with Gasteiger partial charge in [0, 0.05) is 20.9 Å². The van der Waals surface area contributed by atoms with Crippen LogP contribution in [0.2, 0.25) is 10.0 Å². The second-order valence-corrected chi connectivity index (χ2v) is 12.2. The molecule has 7 nitrogen and oxygen atoms in total. The van der Waals surface area contributed by atoms with Crippen molar-refractivity contribution in [3.8, 4) is 0 Å². The smallest absolute Gasteiger partial charge is 0.347 e. The van der Waals surface area contributed by atoms with Crippen LogP contribution in [0.25, 0.3) is 16.2 Å². The van der Waals surface area contributed by atoms with E-state index in [-0.39, 0.29) is 5.56 Å². The van der Waals surface area contributed by atoms with E-state index in [4.69, 9.17) is 32.5 Å². The minimum absolute atomic E-state index is 0.268. The van der Waals surface area contributed by atoms with Crippen molar-refractivity contribution in [2.75, 3.05) is 6.79 Å². The predicted molar refractivity (Wildman–Crippen MR) is 140 cm³/mol. The Labute approximate surface area is 217 Å². The van der Waals surface area contributed by atoms with Crippen LogP contribution < -0.4 is 5.32 Å². The van der Waals surface area contributed by atoms with Gasteiger partial charge in [-0.25, -0.2) is 0 Å². The molecule has 1 heterocycles. The van der Waals surface area contributed by atoms with Gasteiger partial charge in [-0.1, -0.05) is 41.4 Å². The summed E-state index contributed by atoms with van der Waals surface area (Å²) in [5.74, 6) is -1.41. The van der Waals surface area contributed by atoms with Gasteiger partial charge in [-0.15, -0.1) is 11.3 Å². The lowest BCUT2D eigenvalue weighted by molar-refractivity contribution is -0.159. The van der Waals surface area contributed by atoms with Crippen LogP contribution in [-0.2, 0) is 23.4 Å². The minimum Gasteiger partial charge on any atom is -0.438 e. The predicted octanol–water partition coefficient (Wildman–Crippen LogP) is 6.79. The third-order valence-electron chi connectivity index (χ3n) is 4.87. The van der Waals surface area contributed by atoms with Crippen molar-refractivity contribution < 1.29 is 28.3 Å². The molecule has 186 valence electrons. The van der Waals surface area contributed by atoms with Crippen LogP contribution in [0.3, 0.4) is 0 Å². The van der Waals surface area contributed by atoms with E-state index in [1.165, 1.54) is 17.5 Å². The second-order valence-electron chi connectivity index (χ2n) is 8.59. The van der Waals surface area contributed by atoms with Crippen molar-refractivity contribution in [1.82, 2.24) is 5.32 Å². The van der Waals surface area contributed by atoms with Crippen molar-refractivity contribution in [1.29, 1.82) is 0 Å². The summed E-state index contributed by atoms with van der Waals surface area (Å²) in [6.45, 7) is 4.12. The highest BCUT2D eigenvalue weighted by molar-refractivity contribution is 7.54. The van der Waals surface area contributed by atoms with Gasteiger partial charge >= 0.3 is 13.6 Å². The van der Waals surface area contributed by atoms with Gasteiger partial charge in [0.2, 0.25) is 12.7 Å². The molecule has 0 saturated carbocycles. The quantitative estimate of drug-likeness (QED) is 0.180. The molecule has 3 aromatic rings. The Kier molecular flexibility index (Phi) is 8.81. The minimum atomic E-state index is -4.68. The number of esters is 1. The molecule has 2 unspecified atom stereocenters. The SMILES string of the molecule is CC(C)(C)C(=O)OCOP(=O)(O)C(C(=O)N/C=C/c1ccccc1Cl)c1csc2ccc(Cl)cc12. The molecule has 2 aromatic carbocycles. The van der Waals surface area contributed by atoms with Crippen molar-refractivity contribution in [3.63, 3.8) is 0 Å². The van der Waals surface area contributed by atoms with E-state index in [0.717, 1.165) is 4.70 Å². The molecular weight excluding hydrogens is 532 g/mol. The number of carbonyl (C=O) groups excluding carboxylic acids is 2. The maximum Gasteiger partial charge on any atom is 0.347 e. The number of fused-ring (bicyclic) bond motifs is 1. The second kappa shape index (κ2) is 11.2. The number of halogens is 2. The Bertz CT molecular complexity index is 1320. The zero-order valence-corrected chi connectivity index (χ0v) is 22.4. The summed E-state index contributed by atoms with van der Waals surface area (Å²) < 4.78 is 24.2. The molecule has 0 aliphatic carbocycles. The third kappa shape index (κ3) is 6.94. The van der Waals surface area contributed by atoms with E-state index in [1.807, 2.05) is 0 Å². The lowest BCUT2D eigenvalue weighted by Gasteiger charge is -2.22. The highest BCUT2D eigenvalue weighted by Crippen LogP contribution is 2.58. The standard InChI is InChI=1S/C24H24Cl2NO6PS/c1-24(2,3)23(29)32-14-33-34(30,31)21(18-13-35-20-9-8-16(25)12-17(18)20)22(28)27-11-10-15-6-4-5-7-19(15)26/h4-13,21H,14H2,1-3H3,(H,27,28)(H,30,31)/b11-10+. The number of carbonyl (C=O) groups is 2. The average molecular weight is 556 g/mol. The van der Waals surface area contributed by atoms with Crippen LogP contribution in [0.1, 0.15) is 37.6 Å². The molecule has 0 saturated heterocycles. The Hall–Kier alpha value is -2.19. The molecular formula is C24H24Cl2NO6PS. The fourth-order valence-corrected chi connectivity index (χ4v) is 5.78. The summed E-state index contributed by atoms with van der Waals surface area (Å²) in [5.41, 5.74) is -1.52. The van der Waals surface area contributed by atoms with Gasteiger partial charge in [-0.3, -0.25) is 18.7 Å². The summed E-state index contributed by atoms with van der Waals surface area (Å²) in [6.07, 6.45) is 2.89. The topological polar surface area (TPSA) is 102 Å². The van der Waals surface area contributed by atoms with Crippen LogP contribution in [0.4, 0.5) is 0 Å². The van der Waals surface area contributed by atoms with E-state index < -0.39 is 37.3 Å². The number of hydrogen-bond donors (Lipinski definition) is 2. The zero-order chi connectivity index (χ0) is 25.8. The lowest BCUT2D eigenvalue weighted by Crippen LogP contribution is -2.27. The monoisotopic (exact) mass is 555 g/mol. The normalized spacial score (nSPS) is 14.6. The van der Waals surface area contributed by atoms with Crippen LogP contribution in [0, 0.1) is 5.41 Å². The van der Waals surface area contributed by atoms with Crippen LogP contribution >= 0.6 is 42.1 Å². The van der Waals surface area contributed by atoms with Gasteiger partial charge in [0.1, 0.15) is 0 Å². The van der Waals surface area contributed by atoms with Gasteiger partial charge in [-0.05, 0) is 73.0 Å². The average Bonchev–Trinajstić information content (AvgIpc) is 3.16. The first kappa shape index (κ1) is 27.4. The van der Waals surface area contributed by atoms with E-state index in [9.17, 15) is 19.0 Å². The molecule has 2 atom stereocenters. The Morgan fingerprint density at radius 2 is 1.91 bits per heavy atom. The van der Waals surface area contributed by atoms with E-state index in [0.29, 0.717) is 21.0 Å². The van der Waals surface area contributed by atoms with Gasteiger partial charge in [0.25, 0.3) is 0 Å². The summed E-state index contributed by atoms with van der Waals surface area (Å²) in [6, 6.07) is 12.1. The number of nitrogens with one attached hydrogen (secondary N) is 1. The fourth-order valence-electron chi connectivity index (χ4n) is 3.05. The number of ether oxygens (including phenoxy) is 1. The summed E-state index contributed by atoms with van der Waals surface area (Å²) in [5, 5.41) is 5.56. The van der Waals surface area contributed by atoms with E-state index in [1.54, 1.807) is 74.7 Å². The molecule has 2 N–H and O–H groups in total.